The zero-order valence-electron chi connectivity index (χ0n) is 20.1. The van der Waals surface area contributed by atoms with Crippen LogP contribution in [0.3, 0.4) is 0 Å². The fourth-order valence-corrected chi connectivity index (χ4v) is 4.70. The largest absolute Gasteiger partial charge is 0.497 e. The number of nitrogens with two attached hydrogens (primary N) is 2. The Morgan fingerprint density at radius 2 is 1.76 bits per heavy atom. The van der Waals surface area contributed by atoms with Gasteiger partial charge in [-0.25, -0.2) is 0 Å². The minimum absolute atomic E-state index is 0.209. The van der Waals surface area contributed by atoms with Crippen molar-refractivity contribution in [3.63, 3.8) is 0 Å². The lowest BCUT2D eigenvalue weighted by Gasteiger charge is -2.63. The second-order valence-corrected chi connectivity index (χ2v) is 9.44. The van der Waals surface area contributed by atoms with E-state index in [0.29, 0.717) is 29.9 Å². The molecule has 0 aromatic heterocycles. The van der Waals surface area contributed by atoms with Crippen molar-refractivity contribution in [3.8, 4) is 17.2 Å². The highest BCUT2D eigenvalue weighted by Gasteiger charge is 2.55. The first kappa shape index (κ1) is 24.3. The van der Waals surface area contributed by atoms with E-state index in [-0.39, 0.29) is 5.91 Å². The van der Waals surface area contributed by atoms with Gasteiger partial charge < -0.3 is 35.9 Å². The molecule has 5 rings (SSSR count). The van der Waals surface area contributed by atoms with E-state index >= 15 is 0 Å². The van der Waals surface area contributed by atoms with E-state index < -0.39 is 12.1 Å². The van der Waals surface area contributed by atoms with Gasteiger partial charge in [0.2, 0.25) is 5.91 Å². The van der Waals surface area contributed by atoms with Crippen LogP contribution < -0.4 is 31.0 Å². The van der Waals surface area contributed by atoms with Crippen molar-refractivity contribution in [3.05, 3.63) is 53.6 Å². The third kappa shape index (κ3) is 5.29. The zero-order valence-corrected chi connectivity index (χ0v) is 20.1. The average Bonchev–Trinajstić information content (AvgIpc) is 2.80. The minimum atomic E-state index is -0.607. The van der Waals surface area contributed by atoms with Crippen LogP contribution in [0.4, 0.5) is 0 Å². The molecule has 3 aliphatic heterocycles. The number of hydrogen-bond donors (Lipinski definition) is 3. The summed E-state index contributed by atoms with van der Waals surface area (Å²) in [5.41, 5.74) is 13.8. The van der Waals surface area contributed by atoms with Gasteiger partial charge in [0, 0.05) is 36.7 Å². The fourth-order valence-electron chi connectivity index (χ4n) is 4.70. The van der Waals surface area contributed by atoms with Crippen molar-refractivity contribution in [1.29, 1.82) is 0 Å². The maximum absolute atomic E-state index is 13.0. The molecule has 5 N–H and O–H groups in total. The van der Waals surface area contributed by atoms with Crippen LogP contribution >= 0.6 is 0 Å². The van der Waals surface area contributed by atoms with Crippen molar-refractivity contribution in [2.45, 2.75) is 31.3 Å². The number of amides is 1. The van der Waals surface area contributed by atoms with Crippen LogP contribution in [0.2, 0.25) is 0 Å². The van der Waals surface area contributed by atoms with Crippen molar-refractivity contribution in [2.24, 2.45) is 16.9 Å². The molecule has 8 heteroatoms. The van der Waals surface area contributed by atoms with Gasteiger partial charge >= 0.3 is 0 Å². The van der Waals surface area contributed by atoms with E-state index in [9.17, 15) is 4.79 Å². The Kier molecular flexibility index (Phi) is 7.60. The van der Waals surface area contributed by atoms with Crippen LogP contribution in [-0.4, -0.2) is 63.9 Å². The Balaban J connectivity index is 1.52. The van der Waals surface area contributed by atoms with E-state index in [2.05, 4.69) is 10.2 Å². The van der Waals surface area contributed by atoms with Gasteiger partial charge in [-0.2, -0.15) is 0 Å². The summed E-state index contributed by atoms with van der Waals surface area (Å²) in [5, 5.41) is 3.13. The van der Waals surface area contributed by atoms with Crippen molar-refractivity contribution < 1.29 is 19.0 Å². The second kappa shape index (κ2) is 10.6. The molecule has 2 atom stereocenters. The monoisotopic (exact) mass is 468 g/mol. The number of unbranched alkanes of at least 4 members (excludes halogenated alkanes) is 1. The van der Waals surface area contributed by atoms with Crippen LogP contribution in [0, 0.1) is 5.41 Å². The molecule has 8 nitrogen and oxygen atoms in total. The molecule has 0 radical (unpaired) electrons. The Bertz CT molecular complexity index is 964. The van der Waals surface area contributed by atoms with E-state index in [1.165, 1.54) is 0 Å². The van der Waals surface area contributed by atoms with Gasteiger partial charge in [-0.1, -0.05) is 18.6 Å². The maximum Gasteiger partial charge on any atom is 0.237 e. The van der Waals surface area contributed by atoms with E-state index in [1.807, 2.05) is 42.5 Å². The van der Waals surface area contributed by atoms with Crippen molar-refractivity contribution in [1.82, 2.24) is 10.2 Å². The van der Waals surface area contributed by atoms with Crippen LogP contribution in [-0.2, 0) is 4.79 Å². The number of carbonyl (C=O) groups is 1. The quantitative estimate of drug-likeness (QED) is 0.386. The molecule has 3 saturated heterocycles. The Morgan fingerprint density at radius 3 is 2.35 bits per heavy atom. The van der Waals surface area contributed by atoms with Crippen molar-refractivity contribution >= 4 is 5.91 Å². The number of nitrogens with one attached hydrogen (secondary N) is 1. The van der Waals surface area contributed by atoms with Gasteiger partial charge in [0.05, 0.1) is 32.9 Å². The number of hydrogen-bond acceptors (Lipinski definition) is 7. The predicted octanol–water partition coefficient (Wildman–Crippen LogP) is 2.06. The Morgan fingerprint density at radius 1 is 1.06 bits per heavy atom. The molecule has 1 amide bonds. The van der Waals surface area contributed by atoms with E-state index in [0.717, 1.165) is 56.0 Å². The molecule has 2 aromatic carbocycles. The SMILES string of the molecule is COc1ccc(C(NC(=O)C(N)CCCCN)c2ccc(OCC34CN(C3)C4)cc2)c(OC)c1. The summed E-state index contributed by atoms with van der Waals surface area (Å²) in [6.45, 7) is 4.76. The zero-order chi connectivity index (χ0) is 24.1. The number of rotatable bonds is 13. The topological polar surface area (TPSA) is 112 Å². The van der Waals surface area contributed by atoms with Crippen LogP contribution in [0.5, 0.6) is 17.2 Å². The van der Waals surface area contributed by atoms with Gasteiger partial charge in [0.25, 0.3) is 0 Å². The Hall–Kier alpha value is -2.81. The molecule has 0 aliphatic carbocycles. The number of carbonyl (C=O) groups excluding carboxylic acids is 1. The molecular formula is C26H36N4O4. The molecule has 2 unspecified atom stereocenters. The van der Waals surface area contributed by atoms with Crippen LogP contribution in [0.15, 0.2) is 42.5 Å². The normalized spacial score (nSPS) is 22.1. The summed E-state index contributed by atoms with van der Waals surface area (Å²) in [6, 6.07) is 12.4. The van der Waals surface area contributed by atoms with Gasteiger partial charge in [0.1, 0.15) is 17.2 Å². The molecule has 0 saturated carbocycles. The van der Waals surface area contributed by atoms with Gasteiger partial charge in [-0.05, 0) is 49.2 Å². The summed E-state index contributed by atoms with van der Waals surface area (Å²) in [4.78, 5) is 15.4. The minimum Gasteiger partial charge on any atom is -0.497 e. The molecule has 2 aromatic rings. The summed E-state index contributed by atoms with van der Waals surface area (Å²) in [5.74, 6) is 1.92. The fraction of sp³-hybridized carbons (Fsp3) is 0.500. The maximum atomic E-state index is 13.0. The van der Waals surface area contributed by atoms with Gasteiger partial charge in [0.15, 0.2) is 0 Å². The first-order valence-corrected chi connectivity index (χ1v) is 11.9. The molecule has 184 valence electrons. The lowest BCUT2D eigenvalue weighted by Crippen LogP contribution is -2.75. The molecule has 2 bridgehead atoms. The lowest BCUT2D eigenvalue weighted by molar-refractivity contribution is -0.168. The summed E-state index contributed by atoms with van der Waals surface area (Å²) in [7, 11) is 3.21. The standard InChI is InChI=1S/C26H36N4O4/c1-32-20-10-11-21(23(13-20)33-2)24(29-25(31)22(28)5-3-4-12-27)18-6-8-19(9-7-18)34-17-26-14-30(15-26)16-26/h6-11,13,22,24H,3-5,12,14-17,27-28H2,1-2H3,(H,29,31). The first-order chi connectivity index (χ1) is 16.5. The summed E-state index contributed by atoms with van der Waals surface area (Å²) < 4.78 is 17.0. The highest BCUT2D eigenvalue weighted by Crippen LogP contribution is 2.43. The smallest absolute Gasteiger partial charge is 0.237 e. The number of nitrogens with zero attached hydrogens (tertiary/aromatic N) is 1. The molecule has 3 aliphatic rings. The third-order valence-electron chi connectivity index (χ3n) is 6.78. The lowest BCUT2D eigenvalue weighted by atomic mass is 9.70. The number of benzene rings is 2. The highest BCUT2D eigenvalue weighted by atomic mass is 16.5. The molecule has 34 heavy (non-hydrogen) atoms. The average molecular weight is 469 g/mol. The van der Waals surface area contributed by atoms with Crippen LogP contribution in [0.25, 0.3) is 0 Å². The first-order valence-electron chi connectivity index (χ1n) is 11.9. The summed E-state index contributed by atoms with van der Waals surface area (Å²) >= 11 is 0. The summed E-state index contributed by atoms with van der Waals surface area (Å²) in [6.07, 6.45) is 2.24. The van der Waals surface area contributed by atoms with Gasteiger partial charge in [-0.15, -0.1) is 0 Å². The molecule has 3 heterocycles. The van der Waals surface area contributed by atoms with E-state index in [4.69, 9.17) is 25.7 Å². The van der Waals surface area contributed by atoms with Crippen molar-refractivity contribution in [2.75, 3.05) is 47.0 Å². The predicted molar refractivity (Wildman–Crippen MR) is 131 cm³/mol. The third-order valence-corrected chi connectivity index (χ3v) is 6.78. The van der Waals surface area contributed by atoms with Gasteiger partial charge in [-0.3, -0.25) is 4.79 Å². The van der Waals surface area contributed by atoms with Crippen LogP contribution in [0.1, 0.15) is 36.4 Å². The molecule has 3 fully saturated rings. The second-order valence-electron chi connectivity index (χ2n) is 9.44. The Labute approximate surface area is 201 Å². The molecule has 0 spiro atoms. The number of methoxy groups -OCH3 is 2. The number of ether oxygens (including phenoxy) is 3. The van der Waals surface area contributed by atoms with E-state index in [1.54, 1.807) is 14.2 Å². The molecular weight excluding hydrogens is 432 g/mol. The highest BCUT2D eigenvalue weighted by molar-refractivity contribution is 5.82.